The van der Waals surface area contributed by atoms with Crippen molar-refractivity contribution in [3.8, 4) is 16.9 Å². The number of thiophene rings is 1. The maximum absolute atomic E-state index is 12.7. The lowest BCUT2D eigenvalue weighted by Gasteiger charge is -2.11. The van der Waals surface area contributed by atoms with Gasteiger partial charge in [0.05, 0.1) is 13.2 Å². The Morgan fingerprint density at radius 1 is 1.09 bits per heavy atom. The summed E-state index contributed by atoms with van der Waals surface area (Å²) >= 11 is 12.6. The number of rotatable bonds is 9. The van der Waals surface area contributed by atoms with Gasteiger partial charge < -0.3 is 20.1 Å². The topological polar surface area (TPSA) is 76.7 Å². The number of para-hydroxylation sites is 1. The van der Waals surface area contributed by atoms with Crippen LogP contribution >= 0.6 is 35.2 Å². The van der Waals surface area contributed by atoms with Crippen LogP contribution in [0.1, 0.15) is 30.1 Å². The molecule has 3 rings (SSSR count). The molecule has 0 saturated carbocycles. The molecule has 172 valence electrons. The predicted molar refractivity (Wildman–Crippen MR) is 136 cm³/mol. The Kier molecular flexibility index (Phi) is 9.24. The van der Waals surface area contributed by atoms with Crippen LogP contribution in [0.3, 0.4) is 0 Å². The van der Waals surface area contributed by atoms with E-state index in [1.165, 1.54) is 11.3 Å². The smallest absolute Gasteiger partial charge is 0.341 e. The van der Waals surface area contributed by atoms with E-state index in [1.807, 2.05) is 47.8 Å². The number of hydrogen-bond acceptors (Lipinski definition) is 6. The number of anilines is 1. The van der Waals surface area contributed by atoms with Crippen molar-refractivity contribution in [2.24, 2.45) is 0 Å². The largest absolute Gasteiger partial charge is 0.494 e. The molecule has 9 heteroatoms. The first-order valence-corrected chi connectivity index (χ1v) is 12.0. The minimum Gasteiger partial charge on any atom is -0.494 e. The summed E-state index contributed by atoms with van der Waals surface area (Å²) in [5, 5.41) is 8.65. The third-order valence-corrected chi connectivity index (χ3v) is 5.82. The number of hydrogen-bond donors (Lipinski definition) is 2. The average molecular weight is 503 g/mol. The van der Waals surface area contributed by atoms with Crippen LogP contribution in [0.5, 0.6) is 5.75 Å². The van der Waals surface area contributed by atoms with E-state index in [9.17, 15) is 9.59 Å². The van der Waals surface area contributed by atoms with Gasteiger partial charge in [-0.1, -0.05) is 41.9 Å². The van der Waals surface area contributed by atoms with Crippen LogP contribution in [-0.2, 0) is 9.53 Å². The van der Waals surface area contributed by atoms with Gasteiger partial charge in [-0.15, -0.1) is 11.3 Å². The second-order valence-corrected chi connectivity index (χ2v) is 8.57. The van der Waals surface area contributed by atoms with Gasteiger partial charge in [0.25, 0.3) is 0 Å². The number of carbonyl (C=O) groups is 2. The van der Waals surface area contributed by atoms with Crippen molar-refractivity contribution in [3.63, 3.8) is 0 Å². The van der Waals surface area contributed by atoms with E-state index in [-0.39, 0.29) is 24.0 Å². The molecule has 33 heavy (non-hydrogen) atoms. The van der Waals surface area contributed by atoms with E-state index in [0.717, 1.165) is 11.3 Å². The molecule has 2 aromatic carbocycles. The van der Waals surface area contributed by atoms with Crippen LogP contribution in [0.2, 0.25) is 5.02 Å². The van der Waals surface area contributed by atoms with Crippen molar-refractivity contribution in [2.75, 3.05) is 18.5 Å². The quantitative estimate of drug-likeness (QED) is 0.215. The summed E-state index contributed by atoms with van der Waals surface area (Å²) in [5.74, 6) is 0.0468. The van der Waals surface area contributed by atoms with Crippen molar-refractivity contribution in [1.82, 2.24) is 5.32 Å². The molecule has 0 aliphatic rings. The standard InChI is InChI=1S/C24H23ClN2O4S2/c1-2-30-23(29)21-19(16-10-12-17(25)13-11-16)15-33-22(21)27-24(32)26-20(28)9-6-14-31-18-7-4-3-5-8-18/h3-5,7-8,10-13,15H,2,6,9,14H2,1H3,(H2,26,27,28,32). The average Bonchev–Trinajstić information content (AvgIpc) is 3.21. The Morgan fingerprint density at radius 2 is 1.82 bits per heavy atom. The molecule has 0 atom stereocenters. The molecule has 0 unspecified atom stereocenters. The van der Waals surface area contributed by atoms with Crippen LogP contribution in [-0.4, -0.2) is 30.2 Å². The number of thiocarbonyl (C=S) groups is 1. The highest BCUT2D eigenvalue weighted by molar-refractivity contribution is 7.80. The number of halogens is 1. The lowest BCUT2D eigenvalue weighted by Crippen LogP contribution is -2.34. The Balaban J connectivity index is 1.59. The lowest BCUT2D eigenvalue weighted by atomic mass is 10.0. The number of benzene rings is 2. The SMILES string of the molecule is CCOC(=O)c1c(-c2ccc(Cl)cc2)csc1NC(=S)NC(=O)CCCOc1ccccc1. The van der Waals surface area contributed by atoms with Crippen LogP contribution in [0.4, 0.5) is 5.00 Å². The normalized spacial score (nSPS) is 10.4. The summed E-state index contributed by atoms with van der Waals surface area (Å²) in [4.78, 5) is 24.9. The van der Waals surface area contributed by atoms with E-state index in [4.69, 9.17) is 33.3 Å². The first kappa shape index (κ1) is 24.7. The molecule has 3 aromatic rings. The Hall–Kier alpha value is -2.94. The van der Waals surface area contributed by atoms with E-state index in [0.29, 0.717) is 34.2 Å². The number of nitrogens with one attached hydrogen (secondary N) is 2. The van der Waals surface area contributed by atoms with Gasteiger partial charge >= 0.3 is 5.97 Å². The Labute approximate surface area is 206 Å². The van der Waals surface area contributed by atoms with Crippen LogP contribution in [0, 0.1) is 0 Å². The highest BCUT2D eigenvalue weighted by Gasteiger charge is 2.22. The molecule has 0 aliphatic carbocycles. The van der Waals surface area contributed by atoms with Gasteiger partial charge in [0.2, 0.25) is 5.91 Å². The lowest BCUT2D eigenvalue weighted by molar-refractivity contribution is -0.119. The molecule has 1 heterocycles. The summed E-state index contributed by atoms with van der Waals surface area (Å²) in [6.07, 6.45) is 0.789. The highest BCUT2D eigenvalue weighted by atomic mass is 35.5. The van der Waals surface area contributed by atoms with Gasteiger partial charge in [0.15, 0.2) is 5.11 Å². The van der Waals surface area contributed by atoms with Crippen molar-refractivity contribution in [2.45, 2.75) is 19.8 Å². The highest BCUT2D eigenvalue weighted by Crippen LogP contribution is 2.36. The minimum absolute atomic E-state index is 0.110. The number of ether oxygens (including phenoxy) is 2. The van der Waals surface area contributed by atoms with E-state index >= 15 is 0 Å². The molecule has 0 spiro atoms. The Morgan fingerprint density at radius 3 is 2.52 bits per heavy atom. The van der Waals surface area contributed by atoms with Crippen molar-refractivity contribution in [3.05, 3.63) is 70.6 Å². The fraction of sp³-hybridized carbons (Fsp3) is 0.208. The number of amides is 1. The van der Waals surface area contributed by atoms with E-state index < -0.39 is 5.97 Å². The van der Waals surface area contributed by atoms with Gasteiger partial charge in [-0.05, 0) is 55.4 Å². The summed E-state index contributed by atoms with van der Waals surface area (Å²) < 4.78 is 10.8. The minimum atomic E-state index is -0.474. The summed E-state index contributed by atoms with van der Waals surface area (Å²) in [6, 6.07) is 16.6. The Bertz CT molecular complexity index is 1100. The van der Waals surface area contributed by atoms with Crippen LogP contribution in [0.15, 0.2) is 60.0 Å². The van der Waals surface area contributed by atoms with Crippen LogP contribution < -0.4 is 15.4 Å². The monoisotopic (exact) mass is 502 g/mol. The zero-order valence-electron chi connectivity index (χ0n) is 17.9. The maximum atomic E-state index is 12.7. The molecule has 0 radical (unpaired) electrons. The van der Waals surface area contributed by atoms with Crippen molar-refractivity contribution < 1.29 is 19.1 Å². The maximum Gasteiger partial charge on any atom is 0.341 e. The first-order valence-electron chi connectivity index (χ1n) is 10.3. The molecule has 0 fully saturated rings. The number of carbonyl (C=O) groups excluding carboxylic acids is 2. The predicted octanol–water partition coefficient (Wildman–Crippen LogP) is 5.92. The number of esters is 1. The second kappa shape index (κ2) is 12.3. The third kappa shape index (κ3) is 7.28. The van der Waals surface area contributed by atoms with Crippen molar-refractivity contribution >= 4 is 57.1 Å². The molecular weight excluding hydrogens is 480 g/mol. The third-order valence-electron chi connectivity index (χ3n) is 4.47. The fourth-order valence-corrected chi connectivity index (χ4v) is 4.33. The summed E-state index contributed by atoms with van der Waals surface area (Å²) in [6.45, 7) is 2.39. The first-order chi connectivity index (χ1) is 16.0. The molecule has 0 aliphatic heterocycles. The molecule has 1 aromatic heterocycles. The molecule has 6 nitrogen and oxygen atoms in total. The van der Waals surface area contributed by atoms with Gasteiger partial charge in [-0.3, -0.25) is 4.79 Å². The van der Waals surface area contributed by atoms with Gasteiger partial charge in [-0.2, -0.15) is 0 Å². The molecule has 0 saturated heterocycles. The van der Waals surface area contributed by atoms with Gasteiger partial charge in [0, 0.05) is 22.4 Å². The molecule has 1 amide bonds. The second-order valence-electron chi connectivity index (χ2n) is 6.85. The van der Waals surface area contributed by atoms with E-state index in [2.05, 4.69) is 10.6 Å². The van der Waals surface area contributed by atoms with Crippen LogP contribution in [0.25, 0.3) is 11.1 Å². The van der Waals surface area contributed by atoms with Crippen molar-refractivity contribution in [1.29, 1.82) is 0 Å². The molecular formula is C24H23ClN2O4S2. The van der Waals surface area contributed by atoms with E-state index in [1.54, 1.807) is 19.1 Å². The molecule has 2 N–H and O–H groups in total. The molecule has 0 bridgehead atoms. The fourth-order valence-electron chi connectivity index (χ4n) is 2.96. The zero-order chi connectivity index (χ0) is 23.6. The summed E-state index contributed by atoms with van der Waals surface area (Å²) in [5.41, 5.74) is 1.88. The zero-order valence-corrected chi connectivity index (χ0v) is 20.3. The van der Waals surface area contributed by atoms with Gasteiger partial charge in [0.1, 0.15) is 16.3 Å². The summed E-state index contributed by atoms with van der Waals surface area (Å²) in [7, 11) is 0. The van der Waals surface area contributed by atoms with Gasteiger partial charge in [-0.25, -0.2) is 4.79 Å².